The predicted octanol–water partition coefficient (Wildman–Crippen LogP) is 4.73. The molecule has 3 aromatic heterocycles. The van der Waals surface area contributed by atoms with Gasteiger partial charge >= 0.3 is 0 Å². The van der Waals surface area contributed by atoms with Crippen LogP contribution in [0.5, 0.6) is 0 Å². The first kappa shape index (κ1) is 17.9. The van der Waals surface area contributed by atoms with Crippen LogP contribution in [-0.4, -0.2) is 22.4 Å². The second-order valence-corrected chi connectivity index (χ2v) is 7.98. The lowest BCUT2D eigenvalue weighted by Gasteiger charge is -2.14. The largest absolute Gasteiger partial charge is 0.345 e. The summed E-state index contributed by atoms with van der Waals surface area (Å²) < 4.78 is 0.927. The summed E-state index contributed by atoms with van der Waals surface area (Å²) in [4.78, 5) is 21.3. The number of anilines is 1. The summed E-state index contributed by atoms with van der Waals surface area (Å²) >= 11 is 5.13. The predicted molar refractivity (Wildman–Crippen MR) is 114 cm³/mol. The molecule has 7 heteroatoms. The number of hydrogen-bond acceptors (Lipinski definition) is 4. The highest BCUT2D eigenvalue weighted by molar-refractivity contribution is 9.10. The lowest BCUT2D eigenvalue weighted by molar-refractivity contribution is -0.117. The number of carbonyl (C=O) groups excluding carboxylic acids is 1. The Morgan fingerprint density at radius 1 is 1.26 bits per heavy atom. The zero-order chi connectivity index (χ0) is 18.8. The molecule has 1 amide bonds. The van der Waals surface area contributed by atoms with Crippen LogP contribution in [0.25, 0.3) is 21.5 Å². The normalized spacial score (nSPS) is 12.2. The number of benzene rings is 1. The van der Waals surface area contributed by atoms with E-state index in [0.29, 0.717) is 0 Å². The van der Waals surface area contributed by atoms with Crippen LogP contribution in [0, 0.1) is 0 Å². The van der Waals surface area contributed by atoms with Gasteiger partial charge in [-0.2, -0.15) is 0 Å². The van der Waals surface area contributed by atoms with E-state index in [-0.39, 0.29) is 18.4 Å². The van der Waals surface area contributed by atoms with Crippen LogP contribution in [0.3, 0.4) is 0 Å². The van der Waals surface area contributed by atoms with Gasteiger partial charge in [0, 0.05) is 34.4 Å². The van der Waals surface area contributed by atoms with E-state index in [1.807, 2.05) is 54.7 Å². The Labute approximate surface area is 168 Å². The molecule has 0 radical (unpaired) electrons. The number of amides is 1. The van der Waals surface area contributed by atoms with Crippen LogP contribution in [-0.2, 0) is 4.79 Å². The summed E-state index contributed by atoms with van der Waals surface area (Å²) in [5.74, 6) is -0.489. The first-order valence-corrected chi connectivity index (χ1v) is 10.1. The molecular formula is C20H17BrN4OS. The number of hydrogen-bond donors (Lipinski definition) is 3. The fraction of sp³-hybridized carbons (Fsp3) is 0.100. The maximum Gasteiger partial charge on any atom is 0.233 e. The SMILES string of the molecule is NCC(C(=O)Nc1cc(Br)c(-c2c[nH]c3ncccc23)s1)c1ccccc1. The van der Waals surface area contributed by atoms with Crippen molar-refractivity contribution in [3.63, 3.8) is 0 Å². The number of pyridine rings is 1. The highest BCUT2D eigenvalue weighted by Crippen LogP contribution is 2.42. The zero-order valence-electron chi connectivity index (χ0n) is 14.3. The number of thiophene rings is 1. The van der Waals surface area contributed by atoms with Gasteiger partial charge in [0.25, 0.3) is 0 Å². The number of halogens is 1. The van der Waals surface area contributed by atoms with Gasteiger partial charge in [0.2, 0.25) is 5.91 Å². The maximum absolute atomic E-state index is 12.7. The summed E-state index contributed by atoms with van der Waals surface area (Å²) in [5, 5.41) is 4.82. The lowest BCUT2D eigenvalue weighted by Crippen LogP contribution is -2.27. The first-order chi connectivity index (χ1) is 13.2. The Hall–Kier alpha value is -2.48. The molecule has 1 unspecified atom stereocenters. The Bertz CT molecular complexity index is 1090. The molecule has 0 saturated carbocycles. The van der Waals surface area contributed by atoms with Gasteiger partial charge in [-0.25, -0.2) is 4.98 Å². The Morgan fingerprint density at radius 2 is 2.07 bits per heavy atom. The first-order valence-electron chi connectivity index (χ1n) is 8.45. The molecule has 136 valence electrons. The molecule has 27 heavy (non-hydrogen) atoms. The molecule has 0 bridgehead atoms. The van der Waals surface area contributed by atoms with Crippen molar-refractivity contribution in [3.05, 3.63) is 71.0 Å². The van der Waals surface area contributed by atoms with Gasteiger partial charge in [-0.05, 0) is 39.7 Å². The quantitative estimate of drug-likeness (QED) is 0.419. The molecule has 1 aromatic carbocycles. The Kier molecular flexibility index (Phi) is 5.07. The van der Waals surface area contributed by atoms with Gasteiger partial charge in [0.05, 0.1) is 15.8 Å². The van der Waals surface area contributed by atoms with E-state index in [2.05, 4.69) is 31.2 Å². The smallest absolute Gasteiger partial charge is 0.233 e. The molecule has 0 aliphatic heterocycles. The van der Waals surface area contributed by atoms with Crippen molar-refractivity contribution < 1.29 is 4.79 Å². The fourth-order valence-electron chi connectivity index (χ4n) is 3.05. The summed E-state index contributed by atoms with van der Waals surface area (Å²) in [6.45, 7) is 0.253. The number of fused-ring (bicyclic) bond motifs is 1. The van der Waals surface area contributed by atoms with Crippen molar-refractivity contribution in [3.8, 4) is 10.4 Å². The summed E-state index contributed by atoms with van der Waals surface area (Å²) in [6, 6.07) is 15.5. The van der Waals surface area contributed by atoms with Crippen LogP contribution in [0.2, 0.25) is 0 Å². The third kappa shape index (κ3) is 3.53. The molecule has 4 aromatic rings. The van der Waals surface area contributed by atoms with Crippen LogP contribution >= 0.6 is 27.3 Å². The van der Waals surface area contributed by atoms with Crippen LogP contribution in [0.4, 0.5) is 5.00 Å². The minimum absolute atomic E-state index is 0.107. The average Bonchev–Trinajstić information content (AvgIpc) is 3.26. The minimum Gasteiger partial charge on any atom is -0.345 e. The topological polar surface area (TPSA) is 83.8 Å². The molecule has 1 atom stereocenters. The number of carbonyl (C=O) groups is 1. The zero-order valence-corrected chi connectivity index (χ0v) is 16.7. The number of nitrogens with two attached hydrogens (primary N) is 1. The van der Waals surface area contributed by atoms with E-state index in [1.54, 1.807) is 6.20 Å². The Balaban J connectivity index is 1.61. The number of rotatable bonds is 5. The third-order valence-electron chi connectivity index (χ3n) is 4.38. The maximum atomic E-state index is 12.7. The monoisotopic (exact) mass is 440 g/mol. The number of nitrogens with one attached hydrogen (secondary N) is 2. The molecule has 0 saturated heterocycles. The minimum atomic E-state index is -0.382. The summed E-state index contributed by atoms with van der Waals surface area (Å²) in [6.07, 6.45) is 3.70. The van der Waals surface area contributed by atoms with E-state index >= 15 is 0 Å². The van der Waals surface area contributed by atoms with Gasteiger partial charge in [-0.15, -0.1) is 11.3 Å². The molecule has 0 aliphatic rings. The molecule has 0 spiro atoms. The number of H-pyrrole nitrogens is 1. The van der Waals surface area contributed by atoms with E-state index in [4.69, 9.17) is 5.73 Å². The highest BCUT2D eigenvalue weighted by atomic mass is 79.9. The number of aromatic amines is 1. The van der Waals surface area contributed by atoms with E-state index in [0.717, 1.165) is 36.5 Å². The van der Waals surface area contributed by atoms with Gasteiger partial charge in [0.15, 0.2) is 0 Å². The van der Waals surface area contributed by atoms with Crippen molar-refractivity contribution in [1.82, 2.24) is 9.97 Å². The van der Waals surface area contributed by atoms with Crippen LogP contribution < -0.4 is 11.1 Å². The molecule has 3 heterocycles. The summed E-state index contributed by atoms with van der Waals surface area (Å²) in [7, 11) is 0. The van der Waals surface area contributed by atoms with E-state index in [1.165, 1.54) is 11.3 Å². The highest BCUT2D eigenvalue weighted by Gasteiger charge is 2.21. The lowest BCUT2D eigenvalue weighted by atomic mass is 9.98. The summed E-state index contributed by atoms with van der Waals surface area (Å²) in [5.41, 5.74) is 8.66. The number of nitrogens with zero attached hydrogens (tertiary/aromatic N) is 1. The molecule has 5 nitrogen and oxygen atoms in total. The van der Waals surface area contributed by atoms with Gasteiger partial charge in [0.1, 0.15) is 5.65 Å². The van der Waals surface area contributed by atoms with Crippen molar-refractivity contribution in [1.29, 1.82) is 0 Å². The van der Waals surface area contributed by atoms with Crippen molar-refractivity contribution in [2.24, 2.45) is 5.73 Å². The average molecular weight is 441 g/mol. The molecule has 0 aliphatic carbocycles. The van der Waals surface area contributed by atoms with E-state index in [9.17, 15) is 4.79 Å². The van der Waals surface area contributed by atoms with Crippen molar-refractivity contribution in [2.45, 2.75) is 5.92 Å². The van der Waals surface area contributed by atoms with Gasteiger partial charge < -0.3 is 16.0 Å². The van der Waals surface area contributed by atoms with Crippen molar-refractivity contribution >= 4 is 49.2 Å². The van der Waals surface area contributed by atoms with Gasteiger partial charge in [-0.3, -0.25) is 4.79 Å². The Morgan fingerprint density at radius 3 is 2.85 bits per heavy atom. The third-order valence-corrected chi connectivity index (χ3v) is 6.35. The van der Waals surface area contributed by atoms with Crippen LogP contribution in [0.15, 0.2) is 65.4 Å². The van der Waals surface area contributed by atoms with Crippen LogP contribution in [0.1, 0.15) is 11.5 Å². The molecule has 4 N–H and O–H groups in total. The van der Waals surface area contributed by atoms with Gasteiger partial charge in [-0.1, -0.05) is 30.3 Å². The molecule has 4 rings (SSSR count). The van der Waals surface area contributed by atoms with E-state index < -0.39 is 0 Å². The molecule has 0 fully saturated rings. The fourth-order valence-corrected chi connectivity index (χ4v) is 4.87. The van der Waals surface area contributed by atoms with Crippen molar-refractivity contribution in [2.75, 3.05) is 11.9 Å². The second kappa shape index (κ2) is 7.64. The number of aromatic nitrogens is 2. The second-order valence-electron chi connectivity index (χ2n) is 6.08. The molecular weight excluding hydrogens is 424 g/mol. The standard InChI is InChI=1S/C20H17BrN4OS/c21-16-9-17(25-20(26)14(10-22)12-5-2-1-3-6-12)27-18(16)15-11-24-19-13(15)7-4-8-23-19/h1-9,11,14H,10,22H2,(H,23,24)(H,25,26).